The molecule has 0 aliphatic carbocycles. The Labute approximate surface area is 91.7 Å². The van der Waals surface area contributed by atoms with Crippen LogP contribution < -0.4 is 0 Å². The van der Waals surface area contributed by atoms with Crippen molar-refractivity contribution in [1.29, 1.82) is 0 Å². The summed E-state index contributed by atoms with van der Waals surface area (Å²) in [5, 5.41) is 4.01. The molecule has 13 heavy (non-hydrogen) atoms. The third-order valence-corrected chi connectivity index (χ3v) is 4.46. The lowest BCUT2D eigenvalue weighted by atomic mass is 10.4. The summed E-state index contributed by atoms with van der Waals surface area (Å²) >= 11 is 6.31. The zero-order valence-electron chi connectivity index (χ0n) is 6.31. The number of halogens is 2. The van der Waals surface area contributed by atoms with Gasteiger partial charge in [0.05, 0.1) is 17.5 Å². The van der Waals surface area contributed by atoms with E-state index in [4.69, 9.17) is 0 Å². The molecule has 5 nitrogen and oxygen atoms in total. The predicted molar refractivity (Wildman–Crippen MR) is 53.1 cm³/mol. The Morgan fingerprint density at radius 2 is 2.00 bits per heavy atom. The van der Waals surface area contributed by atoms with Crippen LogP contribution in [-0.2, 0) is 9.84 Å². The van der Waals surface area contributed by atoms with Crippen LogP contribution in [0.3, 0.4) is 0 Å². The number of nitrogens with zero attached hydrogens (tertiary/aromatic N) is 3. The number of sulfone groups is 1. The van der Waals surface area contributed by atoms with Crippen LogP contribution in [0.2, 0.25) is 0 Å². The van der Waals surface area contributed by atoms with Gasteiger partial charge in [-0.05, 0) is 31.9 Å². The van der Waals surface area contributed by atoms with Gasteiger partial charge >= 0.3 is 0 Å². The Balaban J connectivity index is 2.24. The molecule has 0 bridgehead atoms. The van der Waals surface area contributed by atoms with Crippen molar-refractivity contribution < 1.29 is 8.42 Å². The molecule has 1 saturated heterocycles. The van der Waals surface area contributed by atoms with Gasteiger partial charge in [-0.3, -0.25) is 0 Å². The van der Waals surface area contributed by atoms with Crippen molar-refractivity contribution in [2.45, 2.75) is 6.04 Å². The van der Waals surface area contributed by atoms with Gasteiger partial charge in [0.15, 0.2) is 14.6 Å². The summed E-state index contributed by atoms with van der Waals surface area (Å²) in [6.45, 7) is 0. The lowest BCUT2D eigenvalue weighted by molar-refractivity contribution is 0.464. The Kier molecular flexibility index (Phi) is 2.23. The van der Waals surface area contributed by atoms with Crippen LogP contribution in [0.5, 0.6) is 0 Å². The fraction of sp³-hybridized carbons (Fsp3) is 0.600. The van der Waals surface area contributed by atoms with E-state index in [-0.39, 0.29) is 17.5 Å². The lowest BCUT2D eigenvalue weighted by Crippen LogP contribution is -2.38. The van der Waals surface area contributed by atoms with Gasteiger partial charge in [-0.2, -0.15) is 4.98 Å². The number of hydrogen-bond acceptors (Lipinski definition) is 4. The summed E-state index contributed by atoms with van der Waals surface area (Å²) in [7, 11) is -2.81. The smallest absolute Gasteiger partial charge is 0.218 e. The second-order valence-corrected chi connectivity index (χ2v) is 6.40. The van der Waals surface area contributed by atoms with Crippen molar-refractivity contribution >= 4 is 41.7 Å². The fourth-order valence-corrected chi connectivity index (χ4v) is 3.66. The third-order valence-electron chi connectivity index (χ3n) is 1.80. The molecule has 0 spiro atoms. The molecule has 0 atom stereocenters. The van der Waals surface area contributed by atoms with E-state index in [1.54, 1.807) is 4.68 Å². The van der Waals surface area contributed by atoms with E-state index in [0.29, 0.717) is 9.47 Å². The van der Waals surface area contributed by atoms with E-state index in [2.05, 4.69) is 41.9 Å². The molecule has 1 aromatic rings. The zero-order chi connectivity index (χ0) is 9.64. The molecule has 0 N–H and O–H groups in total. The quantitative estimate of drug-likeness (QED) is 0.763. The summed E-state index contributed by atoms with van der Waals surface area (Å²) in [5.74, 6) is 0.308. The van der Waals surface area contributed by atoms with Gasteiger partial charge in [-0.15, -0.1) is 5.10 Å². The van der Waals surface area contributed by atoms with Gasteiger partial charge < -0.3 is 0 Å². The zero-order valence-corrected chi connectivity index (χ0v) is 10.3. The average molecular weight is 331 g/mol. The molecule has 1 aromatic heterocycles. The van der Waals surface area contributed by atoms with Crippen LogP contribution in [0.15, 0.2) is 9.47 Å². The maximum Gasteiger partial charge on any atom is 0.218 e. The number of hydrogen-bond donors (Lipinski definition) is 0. The molecule has 0 saturated carbocycles. The highest BCUT2D eigenvalue weighted by molar-refractivity contribution is 9.11. The normalized spacial score (nSPS) is 21.4. The number of rotatable bonds is 1. The monoisotopic (exact) mass is 329 g/mol. The predicted octanol–water partition coefficient (Wildman–Crippen LogP) is 0.773. The number of aromatic nitrogens is 3. The maximum absolute atomic E-state index is 10.9. The van der Waals surface area contributed by atoms with E-state index < -0.39 is 9.84 Å². The Bertz CT molecular complexity index is 429. The van der Waals surface area contributed by atoms with Crippen LogP contribution in [-0.4, -0.2) is 34.7 Å². The summed E-state index contributed by atoms with van der Waals surface area (Å²) in [6.07, 6.45) is 0. The molecule has 2 heterocycles. The van der Waals surface area contributed by atoms with Crippen LogP contribution >= 0.6 is 31.9 Å². The second kappa shape index (κ2) is 3.03. The first-order valence-electron chi connectivity index (χ1n) is 3.46. The first-order chi connectivity index (χ1) is 5.98. The highest BCUT2D eigenvalue weighted by Crippen LogP contribution is 2.26. The van der Waals surface area contributed by atoms with Crippen LogP contribution in [0.1, 0.15) is 6.04 Å². The van der Waals surface area contributed by atoms with Gasteiger partial charge in [0, 0.05) is 0 Å². The van der Waals surface area contributed by atoms with Crippen molar-refractivity contribution in [3.05, 3.63) is 9.47 Å². The highest BCUT2D eigenvalue weighted by Gasteiger charge is 2.36. The molecule has 8 heteroatoms. The van der Waals surface area contributed by atoms with Crippen molar-refractivity contribution in [3.63, 3.8) is 0 Å². The lowest BCUT2D eigenvalue weighted by Gasteiger charge is -2.25. The Morgan fingerprint density at radius 3 is 2.38 bits per heavy atom. The maximum atomic E-state index is 10.9. The summed E-state index contributed by atoms with van der Waals surface area (Å²) in [6, 6.07) is -0.0711. The molecular weight excluding hydrogens is 326 g/mol. The van der Waals surface area contributed by atoms with Crippen molar-refractivity contribution in [3.8, 4) is 0 Å². The van der Waals surface area contributed by atoms with Crippen molar-refractivity contribution in [2.24, 2.45) is 0 Å². The molecule has 0 radical (unpaired) electrons. The van der Waals surface area contributed by atoms with E-state index in [1.807, 2.05) is 0 Å². The van der Waals surface area contributed by atoms with Gasteiger partial charge in [0.2, 0.25) is 4.73 Å². The van der Waals surface area contributed by atoms with Crippen molar-refractivity contribution in [2.75, 3.05) is 11.5 Å². The van der Waals surface area contributed by atoms with E-state index >= 15 is 0 Å². The van der Waals surface area contributed by atoms with Gasteiger partial charge in [0.1, 0.15) is 0 Å². The van der Waals surface area contributed by atoms with Crippen LogP contribution in [0.25, 0.3) is 0 Å². The fourth-order valence-electron chi connectivity index (χ4n) is 1.19. The minimum atomic E-state index is -2.81. The van der Waals surface area contributed by atoms with Gasteiger partial charge in [0.25, 0.3) is 0 Å². The van der Waals surface area contributed by atoms with Gasteiger partial charge in [-0.25, -0.2) is 13.1 Å². The minimum absolute atomic E-state index is 0.0711. The molecule has 2 rings (SSSR count). The summed E-state index contributed by atoms with van der Waals surface area (Å²) < 4.78 is 24.4. The Hall–Kier alpha value is 0.0500. The highest BCUT2D eigenvalue weighted by atomic mass is 79.9. The molecule has 1 aliphatic rings. The summed E-state index contributed by atoms with van der Waals surface area (Å²) in [5.41, 5.74) is 0. The van der Waals surface area contributed by atoms with Crippen LogP contribution in [0, 0.1) is 0 Å². The Morgan fingerprint density at radius 1 is 1.38 bits per heavy atom. The van der Waals surface area contributed by atoms with E-state index in [1.165, 1.54) is 0 Å². The standard InChI is InChI=1S/C5H5Br2N3O2S/c6-4-8-5(7)10(9-4)3-1-13(11,12)2-3/h3H,1-2H2. The summed E-state index contributed by atoms with van der Waals surface area (Å²) in [4.78, 5) is 3.95. The average Bonchev–Trinajstić information content (AvgIpc) is 2.24. The molecule has 72 valence electrons. The molecule has 1 aliphatic heterocycles. The topological polar surface area (TPSA) is 64.8 Å². The molecule has 0 aromatic carbocycles. The molecular formula is C5H5Br2N3O2S. The molecule has 0 amide bonds. The minimum Gasteiger partial charge on any atom is -0.234 e. The third kappa shape index (κ3) is 1.79. The first kappa shape index (κ1) is 9.60. The largest absolute Gasteiger partial charge is 0.234 e. The second-order valence-electron chi connectivity index (χ2n) is 2.83. The van der Waals surface area contributed by atoms with E-state index in [9.17, 15) is 8.42 Å². The van der Waals surface area contributed by atoms with E-state index in [0.717, 1.165) is 0 Å². The molecule has 1 fully saturated rings. The van der Waals surface area contributed by atoms with Crippen molar-refractivity contribution in [1.82, 2.24) is 14.8 Å². The first-order valence-corrected chi connectivity index (χ1v) is 6.87. The SMILES string of the molecule is O=S1(=O)CC(n2nc(Br)nc2Br)C1. The van der Waals surface area contributed by atoms with Gasteiger partial charge in [-0.1, -0.05) is 0 Å². The molecule has 0 unspecified atom stereocenters. The van der Waals surface area contributed by atoms with Crippen LogP contribution in [0.4, 0.5) is 0 Å².